The smallest absolute Gasteiger partial charge is 0.305 e. The van der Waals surface area contributed by atoms with Crippen LogP contribution >= 0.6 is 0 Å². The summed E-state index contributed by atoms with van der Waals surface area (Å²) in [5.74, 6) is -0.0155. The number of rotatable bonds is 65. The van der Waals surface area contributed by atoms with Gasteiger partial charge in [-0.05, 0) is 51.4 Å². The molecule has 0 saturated heterocycles. The lowest BCUT2D eigenvalue weighted by molar-refractivity contribution is -0.143. The molecule has 0 aliphatic heterocycles. The highest BCUT2D eigenvalue weighted by Gasteiger charge is 2.20. The van der Waals surface area contributed by atoms with Crippen LogP contribution in [0, 0.1) is 0 Å². The zero-order valence-corrected chi connectivity index (χ0v) is 51.1. The lowest BCUT2D eigenvalue weighted by Gasteiger charge is -2.22. The van der Waals surface area contributed by atoms with E-state index in [-0.39, 0.29) is 18.5 Å². The molecule has 6 nitrogen and oxygen atoms in total. The summed E-state index contributed by atoms with van der Waals surface area (Å²) in [4.78, 5) is 24.5. The molecule has 3 N–H and O–H groups in total. The number of nitrogens with one attached hydrogen (secondary N) is 1. The van der Waals surface area contributed by atoms with Crippen molar-refractivity contribution in [3.63, 3.8) is 0 Å². The molecule has 2 unspecified atom stereocenters. The van der Waals surface area contributed by atoms with Crippen molar-refractivity contribution in [3.8, 4) is 0 Å². The van der Waals surface area contributed by atoms with Gasteiger partial charge in [0.05, 0.1) is 25.4 Å². The fourth-order valence-corrected chi connectivity index (χ4v) is 11.1. The Hall–Kier alpha value is -1.40. The van der Waals surface area contributed by atoms with E-state index in [0.717, 1.165) is 44.9 Å². The quantitative estimate of drug-likeness (QED) is 0.0320. The summed E-state index contributed by atoms with van der Waals surface area (Å²) in [7, 11) is 0. The van der Waals surface area contributed by atoms with Gasteiger partial charge in [0.15, 0.2) is 0 Å². The maximum absolute atomic E-state index is 12.5. The molecule has 0 fully saturated rings. The molecule has 75 heavy (non-hydrogen) atoms. The van der Waals surface area contributed by atoms with Crippen molar-refractivity contribution in [2.45, 2.75) is 405 Å². The highest BCUT2D eigenvalue weighted by molar-refractivity contribution is 5.76. The third-order valence-corrected chi connectivity index (χ3v) is 16.3. The number of hydrogen-bond acceptors (Lipinski definition) is 5. The van der Waals surface area contributed by atoms with Crippen LogP contribution in [0.1, 0.15) is 393 Å². The average Bonchev–Trinajstić information content (AvgIpc) is 3.41. The van der Waals surface area contributed by atoms with Gasteiger partial charge in [0.25, 0.3) is 0 Å². The molecular weight excluding hydrogens is 923 g/mol. The first-order chi connectivity index (χ1) is 37.0. The predicted molar refractivity (Wildman–Crippen MR) is 329 cm³/mol. The number of aliphatic hydroxyl groups excluding tert-OH is 2. The second kappa shape index (κ2) is 65.1. The summed E-state index contributed by atoms with van der Waals surface area (Å²) in [5, 5.41) is 23.2. The number of esters is 1. The molecule has 0 rings (SSSR count). The van der Waals surface area contributed by atoms with Gasteiger partial charge in [0.2, 0.25) is 5.91 Å². The first-order valence-electron chi connectivity index (χ1n) is 34.4. The second-order valence-electron chi connectivity index (χ2n) is 23.9. The number of hydrogen-bond donors (Lipinski definition) is 3. The third-order valence-electron chi connectivity index (χ3n) is 16.3. The fourth-order valence-electron chi connectivity index (χ4n) is 11.1. The van der Waals surface area contributed by atoms with Gasteiger partial charge in [0, 0.05) is 12.8 Å². The number of unbranched alkanes of at least 4 members (excludes halogenated alkanes) is 52. The van der Waals surface area contributed by atoms with Gasteiger partial charge in [-0.3, -0.25) is 9.59 Å². The molecule has 0 radical (unpaired) electrons. The predicted octanol–water partition coefficient (Wildman–Crippen LogP) is 22.0. The number of ether oxygens (including phenoxy) is 1. The highest BCUT2D eigenvalue weighted by Crippen LogP contribution is 2.19. The Bertz CT molecular complexity index is 1130. The monoisotopic (exact) mass is 1060 g/mol. The van der Waals surface area contributed by atoms with Crippen molar-refractivity contribution in [2.24, 2.45) is 0 Å². The Morgan fingerprint density at radius 1 is 0.360 bits per heavy atom. The van der Waals surface area contributed by atoms with Gasteiger partial charge < -0.3 is 20.3 Å². The maximum atomic E-state index is 12.5. The van der Waals surface area contributed by atoms with Gasteiger partial charge >= 0.3 is 5.97 Å². The van der Waals surface area contributed by atoms with Crippen molar-refractivity contribution >= 4 is 11.9 Å². The summed E-state index contributed by atoms with van der Waals surface area (Å²) in [6.07, 6.45) is 79.9. The van der Waals surface area contributed by atoms with Crippen LogP contribution in [-0.4, -0.2) is 47.4 Å². The molecule has 446 valence electrons. The Balaban J connectivity index is 3.28. The summed E-state index contributed by atoms with van der Waals surface area (Å²) < 4.78 is 5.48. The number of amides is 1. The van der Waals surface area contributed by atoms with Gasteiger partial charge in [0.1, 0.15) is 0 Å². The normalized spacial score (nSPS) is 12.5. The van der Waals surface area contributed by atoms with Crippen molar-refractivity contribution in [1.29, 1.82) is 0 Å². The number of carbonyl (C=O) groups is 2. The molecule has 1 amide bonds. The van der Waals surface area contributed by atoms with Crippen LogP contribution in [0.4, 0.5) is 0 Å². The standard InChI is InChI=1S/C69H135NO5/c1-3-5-7-9-11-13-15-43-47-51-55-59-63-69(74)75-64-60-56-52-48-44-40-38-36-34-32-30-28-26-24-22-20-18-16-17-19-21-23-25-27-29-31-33-35-37-39-42-46-50-54-58-62-68(73)70-66(65-71)67(72)61-57-53-49-45-41-14-12-10-8-6-4-2/h11,13,66-67,71-72H,3-10,12,14-65H2,1-2H3,(H,70,73)/b13-11-. The molecule has 0 spiro atoms. The van der Waals surface area contributed by atoms with E-state index in [9.17, 15) is 19.8 Å². The van der Waals surface area contributed by atoms with E-state index >= 15 is 0 Å². The number of allylic oxidation sites excluding steroid dienone is 2. The first-order valence-corrected chi connectivity index (χ1v) is 34.4. The SMILES string of the molecule is CCCCC/C=C\CCCCCCCC(=O)OCCCCCCCCCCCCCCCCCCCCCCCCCCCCCCCCCCCCCC(=O)NC(CO)C(O)CCCCCCCCCCCCC. The number of aliphatic hydroxyl groups is 2. The molecule has 0 aromatic rings. The zero-order chi connectivity index (χ0) is 54.3. The Morgan fingerprint density at radius 2 is 0.627 bits per heavy atom. The minimum atomic E-state index is -0.658. The largest absolute Gasteiger partial charge is 0.466 e. The Labute approximate surface area is 469 Å². The third kappa shape index (κ3) is 61.7. The maximum Gasteiger partial charge on any atom is 0.305 e. The first kappa shape index (κ1) is 73.6. The average molecular weight is 1060 g/mol. The van der Waals surface area contributed by atoms with Crippen LogP contribution in [-0.2, 0) is 14.3 Å². The molecule has 0 aliphatic carbocycles. The van der Waals surface area contributed by atoms with Crippen molar-refractivity contribution in [3.05, 3.63) is 12.2 Å². The van der Waals surface area contributed by atoms with E-state index in [2.05, 4.69) is 31.3 Å². The summed E-state index contributed by atoms with van der Waals surface area (Å²) in [6, 6.07) is -0.535. The molecule has 0 aliphatic rings. The van der Waals surface area contributed by atoms with Gasteiger partial charge in [-0.1, -0.05) is 341 Å². The zero-order valence-electron chi connectivity index (χ0n) is 51.1. The molecule has 0 bridgehead atoms. The van der Waals surface area contributed by atoms with E-state index in [1.54, 1.807) is 0 Å². The van der Waals surface area contributed by atoms with Crippen molar-refractivity contribution in [2.75, 3.05) is 13.2 Å². The van der Waals surface area contributed by atoms with Crippen LogP contribution < -0.4 is 5.32 Å². The van der Waals surface area contributed by atoms with Crippen LogP contribution in [0.3, 0.4) is 0 Å². The Morgan fingerprint density at radius 3 is 0.973 bits per heavy atom. The molecule has 0 heterocycles. The highest BCUT2D eigenvalue weighted by atomic mass is 16.5. The topological polar surface area (TPSA) is 95.9 Å². The van der Waals surface area contributed by atoms with Gasteiger partial charge in [-0.15, -0.1) is 0 Å². The van der Waals surface area contributed by atoms with Crippen molar-refractivity contribution < 1.29 is 24.5 Å². The van der Waals surface area contributed by atoms with E-state index in [1.807, 2.05) is 0 Å². The fraction of sp³-hybridized carbons (Fsp3) is 0.942. The lowest BCUT2D eigenvalue weighted by atomic mass is 10.0. The minimum absolute atomic E-state index is 0.0130. The minimum Gasteiger partial charge on any atom is -0.466 e. The van der Waals surface area contributed by atoms with E-state index in [4.69, 9.17) is 4.74 Å². The summed E-state index contributed by atoms with van der Waals surface area (Å²) in [6.45, 7) is 4.95. The molecule has 2 atom stereocenters. The van der Waals surface area contributed by atoms with Crippen LogP contribution in [0.5, 0.6) is 0 Å². The van der Waals surface area contributed by atoms with E-state index < -0.39 is 12.1 Å². The molecule has 0 aromatic carbocycles. The van der Waals surface area contributed by atoms with Crippen molar-refractivity contribution in [1.82, 2.24) is 5.32 Å². The van der Waals surface area contributed by atoms with E-state index in [1.165, 1.54) is 315 Å². The van der Waals surface area contributed by atoms with Gasteiger partial charge in [-0.2, -0.15) is 0 Å². The molecule has 0 saturated carbocycles. The number of carbonyl (C=O) groups excluding carboxylic acids is 2. The van der Waals surface area contributed by atoms with Crippen LogP contribution in [0.2, 0.25) is 0 Å². The summed E-state index contributed by atoms with van der Waals surface area (Å²) >= 11 is 0. The second-order valence-corrected chi connectivity index (χ2v) is 23.9. The molecular formula is C69H135NO5. The summed E-state index contributed by atoms with van der Waals surface area (Å²) in [5.41, 5.74) is 0. The van der Waals surface area contributed by atoms with E-state index in [0.29, 0.717) is 25.9 Å². The van der Waals surface area contributed by atoms with Crippen LogP contribution in [0.25, 0.3) is 0 Å². The lowest BCUT2D eigenvalue weighted by Crippen LogP contribution is -2.45. The Kier molecular flexibility index (Phi) is 63.9. The molecule has 0 aromatic heterocycles. The molecule has 6 heteroatoms. The van der Waals surface area contributed by atoms with Gasteiger partial charge in [-0.25, -0.2) is 0 Å². The van der Waals surface area contributed by atoms with Crippen LogP contribution in [0.15, 0.2) is 12.2 Å².